The maximum atomic E-state index is 3.29. The van der Waals surface area contributed by atoms with Gasteiger partial charge in [-0.3, -0.25) is 0 Å². The summed E-state index contributed by atoms with van der Waals surface area (Å²) in [4.78, 5) is 0. The van der Waals surface area contributed by atoms with Crippen LogP contribution in [0.1, 0.15) is 22.3 Å². The molecule has 1 spiro atoms. The Bertz CT molecular complexity index is 962. The minimum absolute atomic E-state index is 0.200. The zero-order chi connectivity index (χ0) is 16.4. The van der Waals surface area contributed by atoms with E-state index in [-0.39, 0.29) is 5.41 Å². The average Bonchev–Trinajstić information content (AvgIpc) is 3.16. The summed E-state index contributed by atoms with van der Waals surface area (Å²) in [6, 6.07) is 36.4. The molecule has 1 radical (unpaired) electrons. The van der Waals surface area contributed by atoms with Gasteiger partial charge in [-0.15, -0.1) is 0 Å². The second kappa shape index (κ2) is 4.49. The fourth-order valence-corrected chi connectivity index (χ4v) is 4.99. The minimum Gasteiger partial charge on any atom is -0.0619 e. The van der Waals surface area contributed by atoms with Crippen molar-refractivity contribution in [2.24, 2.45) is 0 Å². The van der Waals surface area contributed by atoms with Crippen molar-refractivity contribution in [1.29, 1.82) is 0 Å². The first-order chi connectivity index (χ1) is 12.4. The van der Waals surface area contributed by atoms with E-state index in [9.17, 15) is 0 Å². The van der Waals surface area contributed by atoms with Gasteiger partial charge >= 0.3 is 0 Å². The van der Waals surface area contributed by atoms with Crippen LogP contribution in [0.4, 0.5) is 0 Å². The molecule has 0 heteroatoms. The lowest BCUT2D eigenvalue weighted by atomic mass is 9.70. The van der Waals surface area contributed by atoms with Crippen LogP contribution in [0.5, 0.6) is 0 Å². The lowest BCUT2D eigenvalue weighted by Gasteiger charge is -2.30. The fourth-order valence-electron chi connectivity index (χ4n) is 4.99. The number of benzene rings is 4. The predicted octanol–water partition coefficient (Wildman–Crippen LogP) is 5.83. The molecule has 0 aromatic heterocycles. The second-order valence-corrected chi connectivity index (χ2v) is 6.86. The van der Waals surface area contributed by atoms with Crippen LogP contribution in [0, 0.1) is 6.07 Å². The third kappa shape index (κ3) is 1.40. The topological polar surface area (TPSA) is 0 Å². The van der Waals surface area contributed by atoms with Gasteiger partial charge in [-0.25, -0.2) is 0 Å². The first kappa shape index (κ1) is 13.2. The summed E-state index contributed by atoms with van der Waals surface area (Å²) >= 11 is 0. The normalized spacial score (nSPS) is 14.7. The van der Waals surface area contributed by atoms with Crippen molar-refractivity contribution in [2.45, 2.75) is 5.41 Å². The Morgan fingerprint density at radius 1 is 0.480 bits per heavy atom. The van der Waals surface area contributed by atoms with Crippen molar-refractivity contribution in [3.05, 3.63) is 119 Å². The van der Waals surface area contributed by atoms with Crippen molar-refractivity contribution in [2.75, 3.05) is 0 Å². The van der Waals surface area contributed by atoms with Gasteiger partial charge in [0.05, 0.1) is 5.41 Å². The largest absolute Gasteiger partial charge is 0.0725 e. The monoisotopic (exact) mass is 315 g/mol. The molecule has 2 aliphatic rings. The summed E-state index contributed by atoms with van der Waals surface area (Å²) in [6.07, 6.45) is 0. The van der Waals surface area contributed by atoms with Gasteiger partial charge in [-0.2, -0.15) is 0 Å². The molecule has 0 nitrogen and oxygen atoms in total. The Morgan fingerprint density at radius 2 is 0.920 bits per heavy atom. The van der Waals surface area contributed by atoms with Gasteiger partial charge < -0.3 is 0 Å². The summed E-state index contributed by atoms with van der Waals surface area (Å²) in [5.74, 6) is 0. The van der Waals surface area contributed by atoms with E-state index >= 15 is 0 Å². The van der Waals surface area contributed by atoms with Crippen molar-refractivity contribution >= 4 is 0 Å². The molecule has 0 unspecified atom stereocenters. The maximum absolute atomic E-state index is 3.29. The van der Waals surface area contributed by atoms with Gasteiger partial charge in [0.15, 0.2) is 0 Å². The molecule has 4 aromatic rings. The van der Waals surface area contributed by atoms with E-state index in [0.29, 0.717) is 0 Å². The number of hydrogen-bond acceptors (Lipinski definition) is 0. The SMILES string of the molecule is [c]1ccc2c(c1)-c1ccccc1C21c2ccccc2-c2ccccc21. The van der Waals surface area contributed by atoms with Gasteiger partial charge in [-0.05, 0) is 56.6 Å². The highest BCUT2D eigenvalue weighted by molar-refractivity contribution is 5.94. The highest BCUT2D eigenvalue weighted by atomic mass is 14.5. The molecule has 0 bridgehead atoms. The summed E-state index contributed by atoms with van der Waals surface area (Å²) in [7, 11) is 0. The average molecular weight is 315 g/mol. The molecular weight excluding hydrogens is 300 g/mol. The number of fused-ring (bicyclic) bond motifs is 10. The van der Waals surface area contributed by atoms with Gasteiger partial charge in [0.25, 0.3) is 0 Å². The van der Waals surface area contributed by atoms with Crippen molar-refractivity contribution in [3.63, 3.8) is 0 Å². The van der Waals surface area contributed by atoms with Crippen LogP contribution >= 0.6 is 0 Å². The van der Waals surface area contributed by atoms with Crippen molar-refractivity contribution < 1.29 is 0 Å². The summed E-state index contributed by atoms with van der Waals surface area (Å²) < 4.78 is 0. The predicted molar refractivity (Wildman–Crippen MR) is 102 cm³/mol. The maximum Gasteiger partial charge on any atom is 0.0725 e. The van der Waals surface area contributed by atoms with Crippen LogP contribution < -0.4 is 0 Å². The standard InChI is InChI=1S/C25H15/c1-5-13-21-17(9-1)18-10-2-6-14-22(18)25(21)23-15-7-3-11-19(23)20-12-4-8-16-24(20)25/h1-3,5-16H. The van der Waals surface area contributed by atoms with Crippen LogP contribution in [0.25, 0.3) is 22.3 Å². The smallest absolute Gasteiger partial charge is 0.0619 e. The summed E-state index contributed by atoms with van der Waals surface area (Å²) in [5, 5.41) is 0. The van der Waals surface area contributed by atoms with E-state index in [1.165, 1.54) is 44.5 Å². The Balaban J connectivity index is 1.89. The highest BCUT2D eigenvalue weighted by Gasteiger charge is 2.51. The third-order valence-electron chi connectivity index (χ3n) is 5.84. The van der Waals surface area contributed by atoms with E-state index in [1.807, 2.05) is 0 Å². The van der Waals surface area contributed by atoms with Gasteiger partial charge in [0.2, 0.25) is 0 Å². The molecular formula is C25H15. The summed E-state index contributed by atoms with van der Waals surface area (Å²) in [5.41, 5.74) is 10.7. The van der Waals surface area contributed by atoms with Crippen LogP contribution in [-0.4, -0.2) is 0 Å². The molecule has 115 valence electrons. The van der Waals surface area contributed by atoms with E-state index in [4.69, 9.17) is 0 Å². The van der Waals surface area contributed by atoms with Crippen LogP contribution in [-0.2, 0) is 5.41 Å². The summed E-state index contributed by atoms with van der Waals surface area (Å²) in [6.45, 7) is 0. The zero-order valence-corrected chi connectivity index (χ0v) is 13.7. The molecule has 0 N–H and O–H groups in total. The lowest BCUT2D eigenvalue weighted by Crippen LogP contribution is -2.25. The van der Waals surface area contributed by atoms with E-state index in [0.717, 1.165) is 0 Å². The van der Waals surface area contributed by atoms with Crippen LogP contribution in [0.2, 0.25) is 0 Å². The first-order valence-electron chi connectivity index (χ1n) is 8.72. The molecule has 6 rings (SSSR count). The molecule has 0 heterocycles. The third-order valence-corrected chi connectivity index (χ3v) is 5.84. The van der Waals surface area contributed by atoms with Gasteiger partial charge in [0, 0.05) is 0 Å². The number of rotatable bonds is 0. The minimum atomic E-state index is -0.200. The Labute approximate surface area is 147 Å². The van der Waals surface area contributed by atoms with Gasteiger partial charge in [-0.1, -0.05) is 84.9 Å². The van der Waals surface area contributed by atoms with Gasteiger partial charge in [0.1, 0.15) is 0 Å². The quantitative estimate of drug-likeness (QED) is 0.331. The molecule has 0 saturated heterocycles. The molecule has 0 saturated carbocycles. The molecule has 0 aliphatic heterocycles. The Hall–Kier alpha value is -3.12. The highest BCUT2D eigenvalue weighted by Crippen LogP contribution is 2.62. The molecule has 0 atom stereocenters. The van der Waals surface area contributed by atoms with E-state index < -0.39 is 0 Å². The van der Waals surface area contributed by atoms with Crippen molar-refractivity contribution in [1.82, 2.24) is 0 Å². The molecule has 2 aliphatic carbocycles. The molecule has 0 fully saturated rings. The lowest BCUT2D eigenvalue weighted by molar-refractivity contribution is 0.794. The number of hydrogen-bond donors (Lipinski definition) is 0. The molecule has 0 amide bonds. The van der Waals surface area contributed by atoms with E-state index in [2.05, 4.69) is 97.1 Å². The Morgan fingerprint density at radius 3 is 1.48 bits per heavy atom. The molecule has 4 aromatic carbocycles. The van der Waals surface area contributed by atoms with Crippen LogP contribution in [0.3, 0.4) is 0 Å². The molecule has 25 heavy (non-hydrogen) atoms. The second-order valence-electron chi connectivity index (χ2n) is 6.86. The first-order valence-corrected chi connectivity index (χ1v) is 8.72. The van der Waals surface area contributed by atoms with Crippen LogP contribution in [0.15, 0.2) is 91.0 Å². The fraction of sp³-hybridized carbons (Fsp3) is 0.0400. The van der Waals surface area contributed by atoms with Crippen molar-refractivity contribution in [3.8, 4) is 22.3 Å². The van der Waals surface area contributed by atoms with E-state index in [1.54, 1.807) is 0 Å². The Kier molecular flexibility index (Phi) is 2.37. The zero-order valence-electron chi connectivity index (χ0n) is 13.7.